The molecule has 1 spiro atoms. The lowest BCUT2D eigenvalue weighted by atomic mass is 9.80. The SMILES string of the molecule is O=C(Cn1c(C2CC2)nc2ccccc21)N1CCC2(CC1)OCC[C@H](O)[C@@H]2O. The van der Waals surface area contributed by atoms with E-state index in [0.717, 1.165) is 29.7 Å². The van der Waals surface area contributed by atoms with Crippen LogP contribution in [0.15, 0.2) is 24.3 Å². The number of para-hydroxylation sites is 2. The average molecular weight is 385 g/mol. The number of hydrogen-bond acceptors (Lipinski definition) is 5. The minimum Gasteiger partial charge on any atom is -0.390 e. The number of benzene rings is 1. The first-order valence-corrected chi connectivity index (χ1v) is 10.3. The van der Waals surface area contributed by atoms with Gasteiger partial charge in [0.2, 0.25) is 5.91 Å². The predicted octanol–water partition coefficient (Wildman–Crippen LogP) is 1.42. The molecule has 1 saturated carbocycles. The number of ether oxygens (including phenoxy) is 1. The second-order valence-electron chi connectivity index (χ2n) is 8.41. The fourth-order valence-electron chi connectivity index (χ4n) is 4.70. The summed E-state index contributed by atoms with van der Waals surface area (Å²) in [7, 11) is 0. The summed E-state index contributed by atoms with van der Waals surface area (Å²) >= 11 is 0. The molecule has 1 aromatic carbocycles. The molecule has 0 bridgehead atoms. The fraction of sp³-hybridized carbons (Fsp3) is 0.619. The molecule has 2 aliphatic heterocycles. The van der Waals surface area contributed by atoms with Crippen molar-refractivity contribution >= 4 is 16.9 Å². The predicted molar refractivity (Wildman–Crippen MR) is 103 cm³/mol. The molecule has 0 radical (unpaired) electrons. The number of amides is 1. The number of carbonyl (C=O) groups excluding carboxylic acids is 1. The van der Waals surface area contributed by atoms with Gasteiger partial charge in [0.15, 0.2) is 0 Å². The van der Waals surface area contributed by atoms with Crippen molar-refractivity contribution in [2.45, 2.75) is 62.4 Å². The lowest BCUT2D eigenvalue weighted by Crippen LogP contribution is -2.60. The molecule has 2 N–H and O–H groups in total. The summed E-state index contributed by atoms with van der Waals surface area (Å²) in [6.45, 7) is 1.82. The molecule has 7 heteroatoms. The molecular weight excluding hydrogens is 358 g/mol. The zero-order chi connectivity index (χ0) is 19.3. The second-order valence-corrected chi connectivity index (χ2v) is 8.41. The third-order valence-corrected chi connectivity index (χ3v) is 6.59. The van der Waals surface area contributed by atoms with Gasteiger partial charge >= 0.3 is 0 Å². The van der Waals surface area contributed by atoms with Crippen LogP contribution in [0.1, 0.15) is 43.8 Å². The van der Waals surface area contributed by atoms with Crippen LogP contribution in [0.25, 0.3) is 11.0 Å². The van der Waals surface area contributed by atoms with Crippen LogP contribution in [0, 0.1) is 0 Å². The maximum atomic E-state index is 13.0. The number of aliphatic hydroxyl groups excluding tert-OH is 2. The number of carbonyl (C=O) groups is 1. The Kier molecular flexibility index (Phi) is 4.41. The van der Waals surface area contributed by atoms with Gasteiger partial charge in [-0.3, -0.25) is 4.79 Å². The number of rotatable bonds is 3. The Morgan fingerprint density at radius 2 is 1.93 bits per heavy atom. The van der Waals surface area contributed by atoms with E-state index in [1.807, 2.05) is 29.2 Å². The van der Waals surface area contributed by atoms with Gasteiger partial charge in [-0.05, 0) is 44.2 Å². The number of likely N-dealkylation sites (tertiary alicyclic amines) is 1. The molecule has 1 amide bonds. The van der Waals surface area contributed by atoms with Crippen LogP contribution in [0.2, 0.25) is 0 Å². The number of fused-ring (bicyclic) bond motifs is 1. The Bertz CT molecular complexity index is 883. The Balaban J connectivity index is 1.31. The van der Waals surface area contributed by atoms with Crippen molar-refractivity contribution < 1.29 is 19.7 Å². The molecule has 150 valence electrons. The fourth-order valence-corrected chi connectivity index (χ4v) is 4.70. The summed E-state index contributed by atoms with van der Waals surface area (Å²) in [5.41, 5.74) is 1.25. The zero-order valence-corrected chi connectivity index (χ0v) is 16.0. The Morgan fingerprint density at radius 1 is 1.18 bits per heavy atom. The third kappa shape index (κ3) is 3.02. The van der Waals surface area contributed by atoms with Gasteiger partial charge in [0.05, 0.1) is 29.3 Å². The Labute approximate surface area is 163 Å². The van der Waals surface area contributed by atoms with Gasteiger partial charge in [-0.15, -0.1) is 0 Å². The van der Waals surface area contributed by atoms with Gasteiger partial charge < -0.3 is 24.4 Å². The molecule has 28 heavy (non-hydrogen) atoms. The smallest absolute Gasteiger partial charge is 0.242 e. The molecule has 2 atom stereocenters. The first-order chi connectivity index (χ1) is 13.6. The van der Waals surface area contributed by atoms with Crippen molar-refractivity contribution in [1.82, 2.24) is 14.5 Å². The highest BCUT2D eigenvalue weighted by molar-refractivity contribution is 5.81. The van der Waals surface area contributed by atoms with E-state index in [1.54, 1.807) is 0 Å². The molecular formula is C21H27N3O4. The molecule has 3 aliphatic rings. The van der Waals surface area contributed by atoms with Crippen LogP contribution in [0.4, 0.5) is 0 Å². The summed E-state index contributed by atoms with van der Waals surface area (Å²) in [6.07, 6.45) is 2.23. The zero-order valence-electron chi connectivity index (χ0n) is 16.0. The summed E-state index contributed by atoms with van der Waals surface area (Å²) in [5.74, 6) is 1.57. The minimum atomic E-state index is -0.877. The van der Waals surface area contributed by atoms with Gasteiger partial charge in [0.1, 0.15) is 18.5 Å². The van der Waals surface area contributed by atoms with Crippen LogP contribution in [-0.4, -0.2) is 68.1 Å². The molecule has 3 fully saturated rings. The van der Waals surface area contributed by atoms with Gasteiger partial charge in [0.25, 0.3) is 0 Å². The number of aromatic nitrogens is 2. The number of aliphatic hydroxyl groups is 2. The first kappa shape index (κ1) is 18.1. The lowest BCUT2D eigenvalue weighted by Gasteiger charge is -2.48. The van der Waals surface area contributed by atoms with E-state index in [9.17, 15) is 15.0 Å². The average Bonchev–Trinajstić information content (AvgIpc) is 3.49. The van der Waals surface area contributed by atoms with E-state index >= 15 is 0 Å². The van der Waals surface area contributed by atoms with Crippen molar-refractivity contribution in [2.75, 3.05) is 19.7 Å². The molecule has 0 unspecified atom stereocenters. The van der Waals surface area contributed by atoms with Gasteiger partial charge in [0, 0.05) is 19.0 Å². The molecule has 1 aromatic heterocycles. The highest BCUT2D eigenvalue weighted by atomic mass is 16.5. The van der Waals surface area contributed by atoms with Crippen molar-refractivity contribution in [3.63, 3.8) is 0 Å². The molecule has 5 rings (SSSR count). The van der Waals surface area contributed by atoms with E-state index in [1.165, 1.54) is 0 Å². The summed E-state index contributed by atoms with van der Waals surface area (Å²) in [6, 6.07) is 7.99. The minimum absolute atomic E-state index is 0.0748. The number of piperidine rings is 1. The van der Waals surface area contributed by atoms with Crippen molar-refractivity contribution in [2.24, 2.45) is 0 Å². The molecule has 2 saturated heterocycles. The standard InChI is InChI=1S/C21H27N3O4/c25-17-7-12-28-21(19(17)27)8-10-23(11-9-21)18(26)13-24-16-4-2-1-3-15(16)22-20(24)14-5-6-14/h1-4,14,17,19,25,27H,5-13H2/t17-,19-/m0/s1. The maximum Gasteiger partial charge on any atom is 0.242 e. The maximum absolute atomic E-state index is 13.0. The van der Waals surface area contributed by atoms with Crippen LogP contribution in [0.5, 0.6) is 0 Å². The van der Waals surface area contributed by atoms with E-state index < -0.39 is 17.8 Å². The van der Waals surface area contributed by atoms with Crippen LogP contribution >= 0.6 is 0 Å². The third-order valence-electron chi connectivity index (χ3n) is 6.59. The summed E-state index contributed by atoms with van der Waals surface area (Å²) in [4.78, 5) is 19.7. The van der Waals surface area contributed by atoms with E-state index in [4.69, 9.17) is 9.72 Å². The van der Waals surface area contributed by atoms with E-state index in [-0.39, 0.29) is 5.91 Å². The normalized spacial score (nSPS) is 27.4. The topological polar surface area (TPSA) is 87.8 Å². The van der Waals surface area contributed by atoms with E-state index in [0.29, 0.717) is 51.4 Å². The number of imidazole rings is 1. The van der Waals surface area contributed by atoms with Gasteiger partial charge in [-0.1, -0.05) is 12.1 Å². The Hall–Kier alpha value is -1.96. The van der Waals surface area contributed by atoms with Crippen LogP contribution in [-0.2, 0) is 16.1 Å². The summed E-state index contributed by atoms with van der Waals surface area (Å²) in [5, 5.41) is 20.4. The van der Waals surface area contributed by atoms with Crippen molar-refractivity contribution in [3.8, 4) is 0 Å². The summed E-state index contributed by atoms with van der Waals surface area (Å²) < 4.78 is 7.96. The Morgan fingerprint density at radius 3 is 2.68 bits per heavy atom. The lowest BCUT2D eigenvalue weighted by molar-refractivity contribution is -0.214. The number of hydrogen-bond donors (Lipinski definition) is 2. The van der Waals surface area contributed by atoms with Crippen molar-refractivity contribution in [1.29, 1.82) is 0 Å². The quantitative estimate of drug-likeness (QED) is 0.834. The molecule has 1 aliphatic carbocycles. The number of nitrogens with zero attached hydrogens (tertiary/aromatic N) is 3. The molecule has 2 aromatic rings. The highest BCUT2D eigenvalue weighted by Gasteiger charge is 2.48. The van der Waals surface area contributed by atoms with Gasteiger partial charge in [-0.2, -0.15) is 0 Å². The van der Waals surface area contributed by atoms with E-state index in [2.05, 4.69) is 4.57 Å². The largest absolute Gasteiger partial charge is 0.390 e. The van der Waals surface area contributed by atoms with Crippen LogP contribution < -0.4 is 0 Å². The second kappa shape index (κ2) is 6.83. The highest BCUT2D eigenvalue weighted by Crippen LogP contribution is 2.41. The first-order valence-electron chi connectivity index (χ1n) is 10.3. The molecule has 3 heterocycles. The monoisotopic (exact) mass is 385 g/mol. The van der Waals surface area contributed by atoms with Gasteiger partial charge in [-0.25, -0.2) is 4.98 Å². The van der Waals surface area contributed by atoms with Crippen molar-refractivity contribution in [3.05, 3.63) is 30.1 Å². The van der Waals surface area contributed by atoms with Crippen LogP contribution in [0.3, 0.4) is 0 Å². The molecule has 7 nitrogen and oxygen atoms in total.